The van der Waals surface area contributed by atoms with Crippen LogP contribution < -0.4 is 4.80 Å². The molecule has 0 radical (unpaired) electrons. The van der Waals surface area contributed by atoms with Gasteiger partial charge in [0, 0.05) is 17.8 Å². The molecule has 0 saturated carbocycles. The molecule has 1 saturated heterocycles. The second-order valence-electron chi connectivity index (χ2n) is 7.75. The number of carbonyl (C=O) groups excluding carboxylic acids is 1. The van der Waals surface area contributed by atoms with Crippen LogP contribution in [0.4, 0.5) is 0 Å². The Labute approximate surface area is 206 Å². The molecular weight excluding hydrogens is 518 g/mol. The molecule has 34 heavy (non-hydrogen) atoms. The van der Waals surface area contributed by atoms with Gasteiger partial charge in [0.2, 0.25) is 10.0 Å². The van der Waals surface area contributed by atoms with Crippen LogP contribution in [0.15, 0.2) is 57.2 Å². The number of sulfone groups is 1. The van der Waals surface area contributed by atoms with Gasteiger partial charge >= 0.3 is 0 Å². The third kappa shape index (κ3) is 4.69. The van der Waals surface area contributed by atoms with Gasteiger partial charge in [-0.1, -0.05) is 28.9 Å². The zero-order chi connectivity index (χ0) is 24.7. The number of amides is 1. The quantitative estimate of drug-likeness (QED) is 0.465. The van der Waals surface area contributed by atoms with Gasteiger partial charge in [-0.25, -0.2) is 16.8 Å². The summed E-state index contributed by atoms with van der Waals surface area (Å²) in [5.74, 6) is 1.91. The van der Waals surface area contributed by atoms with Gasteiger partial charge in [-0.15, -0.1) is 6.42 Å². The number of benzene rings is 2. The fourth-order valence-electron chi connectivity index (χ4n) is 3.80. The van der Waals surface area contributed by atoms with Crippen molar-refractivity contribution in [3.63, 3.8) is 0 Å². The second-order valence-corrected chi connectivity index (χ2v) is 13.1. The number of carbonyl (C=O) groups is 1. The lowest BCUT2D eigenvalue weighted by Gasteiger charge is -2.21. The number of nitrogens with zero attached hydrogens (tertiary/aromatic N) is 3. The molecule has 8 nitrogen and oxygen atoms in total. The maximum atomic E-state index is 13.2. The minimum absolute atomic E-state index is 0.0502. The summed E-state index contributed by atoms with van der Waals surface area (Å²) in [4.78, 5) is 17.9. The van der Waals surface area contributed by atoms with Crippen molar-refractivity contribution < 1.29 is 21.6 Å². The predicted molar refractivity (Wildman–Crippen MR) is 131 cm³/mol. The molecule has 0 aliphatic carbocycles. The number of thiazole rings is 1. The monoisotopic (exact) mass is 537 g/mol. The number of sulfonamides is 1. The Hall–Kier alpha value is -2.49. The van der Waals surface area contributed by atoms with Crippen molar-refractivity contribution in [2.45, 2.75) is 35.2 Å². The van der Waals surface area contributed by atoms with E-state index >= 15 is 0 Å². The first-order valence-electron chi connectivity index (χ1n) is 10.2. The van der Waals surface area contributed by atoms with Gasteiger partial charge in [0.1, 0.15) is 6.04 Å². The lowest BCUT2D eigenvalue weighted by molar-refractivity contribution is -0.121. The molecule has 2 heterocycles. The Morgan fingerprint density at radius 1 is 1.18 bits per heavy atom. The Morgan fingerprint density at radius 3 is 2.50 bits per heavy atom. The number of hydrogen-bond donors (Lipinski definition) is 0. The zero-order valence-corrected chi connectivity index (χ0v) is 21.2. The molecule has 3 aromatic rings. The normalized spacial score (nSPS) is 17.8. The average molecular weight is 538 g/mol. The smallest absolute Gasteiger partial charge is 0.266 e. The number of halogens is 1. The molecule has 12 heteroatoms. The third-order valence-corrected chi connectivity index (χ3v) is 9.77. The Balaban J connectivity index is 1.75. The van der Waals surface area contributed by atoms with Crippen LogP contribution in [0.2, 0.25) is 5.02 Å². The SMILES string of the molecule is C#CCn1c(=NC(=O)C2CCCN2S(=O)(=O)c2ccc(Cl)cc2)sc2cc(S(C)(=O)=O)ccc21. The molecule has 1 amide bonds. The first-order chi connectivity index (χ1) is 16.0. The molecule has 0 spiro atoms. The molecule has 0 bridgehead atoms. The highest BCUT2D eigenvalue weighted by molar-refractivity contribution is 7.90. The van der Waals surface area contributed by atoms with E-state index in [4.69, 9.17) is 18.0 Å². The molecule has 1 unspecified atom stereocenters. The molecule has 1 atom stereocenters. The van der Waals surface area contributed by atoms with Crippen molar-refractivity contribution in [3.8, 4) is 12.3 Å². The maximum Gasteiger partial charge on any atom is 0.266 e. The zero-order valence-electron chi connectivity index (χ0n) is 18.0. The number of fused-ring (bicyclic) bond motifs is 1. The molecular formula is C22H20ClN3O5S3. The minimum atomic E-state index is -3.92. The highest BCUT2D eigenvalue weighted by atomic mass is 35.5. The average Bonchev–Trinajstić information content (AvgIpc) is 3.39. The van der Waals surface area contributed by atoms with E-state index in [0.717, 1.165) is 17.6 Å². The van der Waals surface area contributed by atoms with Crippen molar-refractivity contribution in [3.05, 3.63) is 52.3 Å². The minimum Gasteiger partial charge on any atom is -0.305 e. The summed E-state index contributed by atoms with van der Waals surface area (Å²) in [7, 11) is -7.34. The third-order valence-electron chi connectivity index (χ3n) is 5.45. The molecule has 2 aromatic carbocycles. The summed E-state index contributed by atoms with van der Waals surface area (Å²) in [5.41, 5.74) is 0.638. The number of rotatable bonds is 5. The van der Waals surface area contributed by atoms with Gasteiger partial charge in [-0.3, -0.25) is 4.79 Å². The van der Waals surface area contributed by atoms with Crippen LogP contribution in [0, 0.1) is 12.3 Å². The van der Waals surface area contributed by atoms with E-state index in [9.17, 15) is 21.6 Å². The highest BCUT2D eigenvalue weighted by Crippen LogP contribution is 2.28. The molecule has 1 aliphatic rings. The van der Waals surface area contributed by atoms with E-state index in [1.165, 1.54) is 40.7 Å². The van der Waals surface area contributed by atoms with Crippen molar-refractivity contribution in [1.29, 1.82) is 0 Å². The van der Waals surface area contributed by atoms with Crippen LogP contribution >= 0.6 is 22.9 Å². The summed E-state index contributed by atoms with van der Waals surface area (Å²) in [5, 5.41) is 0.407. The summed E-state index contributed by atoms with van der Waals surface area (Å²) >= 11 is 6.99. The fourth-order valence-corrected chi connectivity index (χ4v) is 7.37. The van der Waals surface area contributed by atoms with Crippen molar-refractivity contribution >= 4 is 58.9 Å². The lowest BCUT2D eigenvalue weighted by Crippen LogP contribution is -2.40. The van der Waals surface area contributed by atoms with E-state index in [1.54, 1.807) is 10.6 Å². The van der Waals surface area contributed by atoms with Gasteiger partial charge in [0.15, 0.2) is 14.6 Å². The Morgan fingerprint density at radius 2 is 1.85 bits per heavy atom. The summed E-state index contributed by atoms with van der Waals surface area (Å²) in [6.07, 6.45) is 7.48. The number of aromatic nitrogens is 1. The van der Waals surface area contributed by atoms with Gasteiger partial charge < -0.3 is 4.57 Å². The molecule has 4 rings (SSSR count). The van der Waals surface area contributed by atoms with Crippen molar-refractivity contribution in [2.75, 3.05) is 12.8 Å². The van der Waals surface area contributed by atoms with Gasteiger partial charge in [-0.05, 0) is 55.3 Å². The Bertz CT molecular complexity index is 1600. The van der Waals surface area contributed by atoms with E-state index in [1.807, 2.05) is 0 Å². The van der Waals surface area contributed by atoms with Crippen LogP contribution in [0.3, 0.4) is 0 Å². The van der Waals surface area contributed by atoms with Crippen molar-refractivity contribution in [2.24, 2.45) is 4.99 Å². The predicted octanol–water partition coefficient (Wildman–Crippen LogP) is 2.67. The molecule has 1 fully saturated rings. The molecule has 1 aliphatic heterocycles. The van der Waals surface area contributed by atoms with E-state index < -0.39 is 31.8 Å². The van der Waals surface area contributed by atoms with Crippen LogP contribution in [-0.2, 0) is 31.2 Å². The fraction of sp³-hybridized carbons (Fsp3) is 0.273. The van der Waals surface area contributed by atoms with Gasteiger partial charge in [0.05, 0.1) is 26.6 Å². The van der Waals surface area contributed by atoms with E-state index in [2.05, 4.69) is 10.9 Å². The van der Waals surface area contributed by atoms with Crippen LogP contribution in [-0.4, -0.2) is 50.5 Å². The lowest BCUT2D eigenvalue weighted by atomic mass is 10.2. The molecule has 0 N–H and O–H groups in total. The first-order valence-corrected chi connectivity index (χ1v) is 14.7. The highest BCUT2D eigenvalue weighted by Gasteiger charge is 2.39. The topological polar surface area (TPSA) is 106 Å². The Kier molecular flexibility index (Phi) is 6.72. The summed E-state index contributed by atoms with van der Waals surface area (Å²) in [6.45, 7) is 0.313. The molecule has 178 valence electrons. The summed E-state index contributed by atoms with van der Waals surface area (Å²) < 4.78 is 53.6. The number of hydrogen-bond acceptors (Lipinski definition) is 6. The van der Waals surface area contributed by atoms with Crippen LogP contribution in [0.25, 0.3) is 10.2 Å². The standard InChI is InChI=1S/C22H20ClN3O5S3/c1-3-12-25-18-11-10-17(33(2,28)29)14-20(18)32-22(25)24-21(27)19-5-4-13-26(19)34(30,31)16-8-6-15(23)7-9-16/h1,6-11,14,19H,4-5,12-13H2,2H3. The largest absolute Gasteiger partial charge is 0.305 e. The second kappa shape index (κ2) is 9.28. The first kappa shape index (κ1) is 24.6. The van der Waals surface area contributed by atoms with Crippen LogP contribution in [0.1, 0.15) is 12.8 Å². The van der Waals surface area contributed by atoms with Gasteiger partial charge in [-0.2, -0.15) is 9.30 Å². The number of terminal acetylenes is 1. The van der Waals surface area contributed by atoms with Gasteiger partial charge in [0.25, 0.3) is 5.91 Å². The molecule has 1 aromatic heterocycles. The van der Waals surface area contributed by atoms with E-state index in [0.29, 0.717) is 28.1 Å². The van der Waals surface area contributed by atoms with Crippen molar-refractivity contribution in [1.82, 2.24) is 8.87 Å². The maximum absolute atomic E-state index is 13.2. The summed E-state index contributed by atoms with van der Waals surface area (Å²) in [6, 6.07) is 9.43. The van der Waals surface area contributed by atoms with Crippen LogP contribution in [0.5, 0.6) is 0 Å². The van der Waals surface area contributed by atoms with E-state index in [-0.39, 0.29) is 27.7 Å².